The summed E-state index contributed by atoms with van der Waals surface area (Å²) in [6.07, 6.45) is 0.965. The molecular weight excluding hydrogens is 250 g/mol. The summed E-state index contributed by atoms with van der Waals surface area (Å²) in [6, 6.07) is -0.394. The fraction of sp³-hybridized carbons (Fsp3) is 0.667. The lowest BCUT2D eigenvalue weighted by atomic mass is 10.2. The molecule has 6 heteroatoms. The van der Waals surface area contributed by atoms with Crippen molar-refractivity contribution in [3.63, 3.8) is 0 Å². The van der Waals surface area contributed by atoms with Crippen LogP contribution in [0, 0.1) is 0 Å². The van der Waals surface area contributed by atoms with Crippen LogP contribution in [0.2, 0.25) is 0 Å². The zero-order valence-electron chi connectivity index (χ0n) is 10.8. The third-order valence-corrected chi connectivity index (χ3v) is 4.34. The molecule has 1 saturated heterocycles. The number of hydrogen-bond donors (Lipinski definition) is 1. The van der Waals surface area contributed by atoms with Crippen molar-refractivity contribution in [2.75, 3.05) is 31.1 Å². The molecule has 0 amide bonds. The maximum absolute atomic E-state index is 10.9. The van der Waals surface area contributed by atoms with Gasteiger partial charge in [0.2, 0.25) is 0 Å². The second-order valence-corrected chi connectivity index (χ2v) is 5.35. The lowest BCUT2D eigenvalue weighted by Crippen LogP contribution is -2.51. The Bertz CT molecular complexity index is 413. The van der Waals surface area contributed by atoms with Crippen LogP contribution in [0.4, 0.5) is 5.13 Å². The fourth-order valence-electron chi connectivity index (χ4n) is 2.06. The molecule has 1 aliphatic rings. The van der Waals surface area contributed by atoms with Gasteiger partial charge in [0.05, 0.1) is 5.69 Å². The summed E-state index contributed by atoms with van der Waals surface area (Å²) in [7, 11) is 0. The summed E-state index contributed by atoms with van der Waals surface area (Å²) in [5, 5.41) is 12.1. The van der Waals surface area contributed by atoms with Crippen molar-refractivity contribution in [1.82, 2.24) is 9.88 Å². The number of rotatable bonds is 4. The number of nitrogens with zero attached hydrogens (tertiary/aromatic N) is 3. The van der Waals surface area contributed by atoms with Gasteiger partial charge in [-0.3, -0.25) is 9.69 Å². The van der Waals surface area contributed by atoms with Crippen LogP contribution < -0.4 is 4.90 Å². The summed E-state index contributed by atoms with van der Waals surface area (Å²) in [5.74, 6) is -0.744. The first-order chi connectivity index (χ1) is 8.61. The van der Waals surface area contributed by atoms with Crippen molar-refractivity contribution < 1.29 is 9.90 Å². The van der Waals surface area contributed by atoms with E-state index in [1.54, 1.807) is 18.3 Å². The highest BCUT2D eigenvalue weighted by Crippen LogP contribution is 2.22. The number of aryl methyl sites for hydroxylation is 1. The summed E-state index contributed by atoms with van der Waals surface area (Å²) < 4.78 is 0. The molecule has 1 unspecified atom stereocenters. The van der Waals surface area contributed by atoms with E-state index in [2.05, 4.69) is 22.2 Å². The first-order valence-corrected chi connectivity index (χ1v) is 7.16. The van der Waals surface area contributed by atoms with Crippen molar-refractivity contribution in [3.8, 4) is 0 Å². The molecule has 2 rings (SSSR count). The Morgan fingerprint density at radius 3 is 2.67 bits per heavy atom. The van der Waals surface area contributed by atoms with Gasteiger partial charge in [0.25, 0.3) is 0 Å². The van der Waals surface area contributed by atoms with E-state index in [0.29, 0.717) is 0 Å². The number of anilines is 1. The van der Waals surface area contributed by atoms with E-state index in [-0.39, 0.29) is 0 Å². The van der Waals surface area contributed by atoms with Gasteiger partial charge in [-0.25, -0.2) is 4.98 Å². The van der Waals surface area contributed by atoms with Crippen molar-refractivity contribution in [2.45, 2.75) is 26.3 Å². The van der Waals surface area contributed by atoms with Gasteiger partial charge < -0.3 is 10.0 Å². The molecule has 0 spiro atoms. The monoisotopic (exact) mass is 269 g/mol. The van der Waals surface area contributed by atoms with Crippen LogP contribution in [-0.4, -0.2) is 53.2 Å². The van der Waals surface area contributed by atoms with Crippen LogP contribution in [-0.2, 0) is 11.2 Å². The Kier molecular flexibility index (Phi) is 4.19. The Morgan fingerprint density at radius 1 is 1.50 bits per heavy atom. The molecule has 1 aromatic rings. The number of piperazine rings is 1. The van der Waals surface area contributed by atoms with E-state index in [1.165, 1.54) is 0 Å². The van der Waals surface area contributed by atoms with Gasteiger partial charge in [-0.1, -0.05) is 6.92 Å². The van der Waals surface area contributed by atoms with E-state index in [1.807, 2.05) is 4.90 Å². The van der Waals surface area contributed by atoms with Gasteiger partial charge in [-0.2, -0.15) is 0 Å². The van der Waals surface area contributed by atoms with Crippen LogP contribution in [0.1, 0.15) is 19.5 Å². The number of thiazole rings is 1. The van der Waals surface area contributed by atoms with Crippen molar-refractivity contribution in [1.29, 1.82) is 0 Å². The standard InChI is InChI=1S/C12H19N3O2S/c1-3-10-8-18-12(13-10)15-6-4-14(5-7-15)9(2)11(16)17/h8-9H,3-7H2,1-2H3,(H,16,17). The largest absolute Gasteiger partial charge is 0.480 e. The fourth-order valence-corrected chi connectivity index (χ4v) is 3.02. The highest BCUT2D eigenvalue weighted by Gasteiger charge is 2.26. The lowest BCUT2D eigenvalue weighted by molar-refractivity contribution is -0.142. The van der Waals surface area contributed by atoms with Crippen molar-refractivity contribution in [3.05, 3.63) is 11.1 Å². The van der Waals surface area contributed by atoms with E-state index >= 15 is 0 Å². The van der Waals surface area contributed by atoms with Gasteiger partial charge in [-0.05, 0) is 13.3 Å². The number of carbonyl (C=O) groups is 1. The second-order valence-electron chi connectivity index (χ2n) is 4.51. The number of aliphatic carboxylic acids is 1. The molecule has 1 fully saturated rings. The molecule has 2 heterocycles. The van der Waals surface area contributed by atoms with Crippen molar-refractivity contribution in [2.24, 2.45) is 0 Å². The predicted octanol–water partition coefficient (Wildman–Crippen LogP) is 1.30. The number of aromatic nitrogens is 1. The summed E-state index contributed by atoms with van der Waals surface area (Å²) >= 11 is 1.68. The minimum Gasteiger partial charge on any atom is -0.480 e. The molecule has 1 N–H and O–H groups in total. The average Bonchev–Trinajstić information content (AvgIpc) is 2.86. The van der Waals surface area contributed by atoms with E-state index in [9.17, 15) is 4.79 Å². The molecule has 100 valence electrons. The molecule has 1 atom stereocenters. The third kappa shape index (κ3) is 2.81. The average molecular weight is 269 g/mol. The molecule has 18 heavy (non-hydrogen) atoms. The smallest absolute Gasteiger partial charge is 0.320 e. The van der Waals surface area contributed by atoms with E-state index in [0.717, 1.165) is 43.4 Å². The van der Waals surface area contributed by atoms with Gasteiger partial charge in [0.1, 0.15) is 6.04 Å². The molecule has 0 radical (unpaired) electrons. The van der Waals surface area contributed by atoms with Gasteiger partial charge in [0.15, 0.2) is 5.13 Å². The Labute approximate surface area is 111 Å². The third-order valence-electron chi connectivity index (χ3n) is 3.39. The van der Waals surface area contributed by atoms with Gasteiger partial charge in [-0.15, -0.1) is 11.3 Å². The summed E-state index contributed by atoms with van der Waals surface area (Å²) in [4.78, 5) is 19.7. The quantitative estimate of drug-likeness (QED) is 0.893. The van der Waals surface area contributed by atoms with Crippen LogP contribution >= 0.6 is 11.3 Å². The first kappa shape index (κ1) is 13.3. The molecule has 0 saturated carbocycles. The normalized spacial score (nSPS) is 18.9. The van der Waals surface area contributed by atoms with E-state index in [4.69, 9.17) is 5.11 Å². The molecule has 5 nitrogen and oxygen atoms in total. The number of carboxylic acid groups (broad SMARTS) is 1. The zero-order chi connectivity index (χ0) is 13.1. The molecule has 0 bridgehead atoms. The molecular formula is C12H19N3O2S. The summed E-state index contributed by atoms with van der Waals surface area (Å²) in [5.41, 5.74) is 1.14. The van der Waals surface area contributed by atoms with Gasteiger partial charge >= 0.3 is 5.97 Å². The topological polar surface area (TPSA) is 56.7 Å². The Morgan fingerprint density at radius 2 is 2.17 bits per heavy atom. The molecule has 0 aromatic carbocycles. The lowest BCUT2D eigenvalue weighted by Gasteiger charge is -2.36. The predicted molar refractivity (Wildman–Crippen MR) is 72.4 cm³/mol. The van der Waals surface area contributed by atoms with Crippen LogP contribution in [0.5, 0.6) is 0 Å². The molecule has 1 aromatic heterocycles. The SMILES string of the molecule is CCc1csc(N2CCN(C(C)C(=O)O)CC2)n1. The molecule has 1 aliphatic heterocycles. The maximum atomic E-state index is 10.9. The highest BCUT2D eigenvalue weighted by molar-refractivity contribution is 7.13. The van der Waals surface area contributed by atoms with Crippen molar-refractivity contribution >= 4 is 22.4 Å². The van der Waals surface area contributed by atoms with Crippen LogP contribution in [0.25, 0.3) is 0 Å². The number of carboxylic acids is 1. The number of hydrogen-bond acceptors (Lipinski definition) is 5. The van der Waals surface area contributed by atoms with Crippen LogP contribution in [0.3, 0.4) is 0 Å². The maximum Gasteiger partial charge on any atom is 0.320 e. The van der Waals surface area contributed by atoms with Gasteiger partial charge in [0, 0.05) is 31.6 Å². The zero-order valence-corrected chi connectivity index (χ0v) is 11.6. The second kappa shape index (κ2) is 5.67. The summed E-state index contributed by atoms with van der Waals surface area (Å²) in [6.45, 7) is 7.13. The first-order valence-electron chi connectivity index (χ1n) is 6.28. The highest BCUT2D eigenvalue weighted by atomic mass is 32.1. The Hall–Kier alpha value is -1.14. The Balaban J connectivity index is 1.92. The minimum absolute atomic E-state index is 0.394. The molecule has 0 aliphatic carbocycles. The van der Waals surface area contributed by atoms with E-state index < -0.39 is 12.0 Å². The van der Waals surface area contributed by atoms with Crippen LogP contribution in [0.15, 0.2) is 5.38 Å². The minimum atomic E-state index is -0.744.